The molecule has 0 aliphatic carbocycles. The number of carbonyl (C=O) groups excluding carboxylic acids is 2. The molecule has 0 N–H and O–H groups in total. The first-order valence-electron chi connectivity index (χ1n) is 19.2. The minimum atomic E-state index is -1.13. The van der Waals surface area contributed by atoms with Crippen LogP contribution in [-0.2, 0) is 21.5 Å². The number of benzene rings is 5. The highest BCUT2D eigenvalue weighted by molar-refractivity contribution is 8.15. The molecule has 56 heavy (non-hydrogen) atoms. The molecule has 8 nitrogen and oxygen atoms in total. The molecule has 2 saturated heterocycles. The maximum Gasteiger partial charge on any atom is 0.290 e. The van der Waals surface area contributed by atoms with Gasteiger partial charge in [-0.05, 0) is 79.6 Å². The summed E-state index contributed by atoms with van der Waals surface area (Å²) in [5.74, 6) is 2.27. The minimum absolute atomic E-state index is 0.129. The summed E-state index contributed by atoms with van der Waals surface area (Å²) >= 11 is 1.10. The van der Waals surface area contributed by atoms with Gasteiger partial charge in [0.15, 0.2) is 0 Å². The SMILES string of the molecule is COc1c(C)c(C)c(OC)c(C2CN(C(C)COc3ccc(CC4SC(=O)N(C(c5ccccc5)(c5ccccc5)c5ccccc5)C4=O)cc3)CCO2)c1C. The molecular weight excluding hydrogens is 721 g/mol. The van der Waals surface area contributed by atoms with Gasteiger partial charge in [0.25, 0.3) is 5.24 Å². The number of nitrogens with zero attached hydrogens (tertiary/aromatic N) is 2. The second kappa shape index (κ2) is 17.0. The Balaban J connectivity index is 1.04. The van der Waals surface area contributed by atoms with Crippen molar-refractivity contribution in [2.45, 2.75) is 57.1 Å². The number of ether oxygens (including phenoxy) is 4. The summed E-state index contributed by atoms with van der Waals surface area (Å²) in [6, 6.07) is 37.6. The van der Waals surface area contributed by atoms with E-state index in [1.165, 1.54) is 4.90 Å². The van der Waals surface area contributed by atoms with Gasteiger partial charge in [-0.25, -0.2) is 0 Å². The van der Waals surface area contributed by atoms with Crippen LogP contribution in [0.15, 0.2) is 115 Å². The third-order valence-corrected chi connectivity index (χ3v) is 12.4. The van der Waals surface area contributed by atoms with E-state index in [4.69, 9.17) is 18.9 Å². The van der Waals surface area contributed by atoms with Gasteiger partial charge in [0.05, 0.1) is 32.2 Å². The van der Waals surface area contributed by atoms with Gasteiger partial charge < -0.3 is 18.9 Å². The molecule has 2 aliphatic heterocycles. The van der Waals surface area contributed by atoms with E-state index in [1.54, 1.807) is 14.2 Å². The highest BCUT2D eigenvalue weighted by Crippen LogP contribution is 2.48. The molecule has 2 aliphatic rings. The zero-order chi connectivity index (χ0) is 39.4. The van der Waals surface area contributed by atoms with E-state index in [0.717, 1.165) is 80.1 Å². The number of carbonyl (C=O) groups is 2. The van der Waals surface area contributed by atoms with Crippen LogP contribution >= 0.6 is 11.8 Å². The molecule has 2 fully saturated rings. The van der Waals surface area contributed by atoms with Crippen molar-refractivity contribution >= 4 is 22.9 Å². The van der Waals surface area contributed by atoms with Crippen LogP contribution in [0.2, 0.25) is 0 Å². The molecule has 0 spiro atoms. The average Bonchev–Trinajstić information content (AvgIpc) is 3.51. The third kappa shape index (κ3) is 7.31. The Labute approximate surface area is 334 Å². The molecule has 7 rings (SSSR count). The van der Waals surface area contributed by atoms with Crippen molar-refractivity contribution < 1.29 is 28.5 Å². The van der Waals surface area contributed by atoms with Crippen molar-refractivity contribution in [3.63, 3.8) is 0 Å². The van der Waals surface area contributed by atoms with E-state index < -0.39 is 10.8 Å². The fraction of sp³-hybridized carbons (Fsp3) is 0.319. The predicted molar refractivity (Wildman–Crippen MR) is 222 cm³/mol. The average molecular weight is 771 g/mol. The Kier molecular flexibility index (Phi) is 11.9. The highest BCUT2D eigenvalue weighted by atomic mass is 32.2. The van der Waals surface area contributed by atoms with Gasteiger partial charge in [-0.1, -0.05) is 115 Å². The van der Waals surface area contributed by atoms with Gasteiger partial charge in [-0.15, -0.1) is 0 Å². The summed E-state index contributed by atoms with van der Waals surface area (Å²) in [7, 11) is 3.43. The first-order chi connectivity index (χ1) is 27.2. The third-order valence-electron chi connectivity index (χ3n) is 11.4. The van der Waals surface area contributed by atoms with Crippen molar-refractivity contribution in [3.8, 4) is 17.2 Å². The summed E-state index contributed by atoms with van der Waals surface area (Å²) < 4.78 is 24.3. The molecule has 0 bridgehead atoms. The van der Waals surface area contributed by atoms with Crippen LogP contribution in [0.3, 0.4) is 0 Å². The topological polar surface area (TPSA) is 77.5 Å². The van der Waals surface area contributed by atoms with Crippen molar-refractivity contribution in [1.82, 2.24) is 9.80 Å². The maximum absolute atomic E-state index is 14.5. The van der Waals surface area contributed by atoms with Gasteiger partial charge in [-0.3, -0.25) is 19.4 Å². The van der Waals surface area contributed by atoms with Crippen LogP contribution < -0.4 is 14.2 Å². The minimum Gasteiger partial charge on any atom is -0.496 e. The fourth-order valence-corrected chi connectivity index (χ4v) is 9.45. The summed E-state index contributed by atoms with van der Waals surface area (Å²) in [5.41, 5.74) is 6.59. The monoisotopic (exact) mass is 770 g/mol. The lowest BCUT2D eigenvalue weighted by atomic mass is 9.75. The quantitative estimate of drug-likeness (QED) is 0.110. The standard InChI is InChI=1S/C47H50N2O6S/c1-31(48-26-27-54-40(29-48)42-34(4)43(52-5)32(2)33(3)44(42)53-6)30-55-39-24-22-35(23-25-39)28-41-45(50)49(46(51)56-41)47(36-16-10-7-11-17-36,37-18-12-8-13-19-37)38-20-14-9-15-21-38/h7-25,31,40-41H,26-30H2,1-6H3. The lowest BCUT2D eigenvalue weighted by Gasteiger charge is -2.42. The number of thioether (sulfide) groups is 1. The zero-order valence-electron chi connectivity index (χ0n) is 33.0. The molecule has 3 unspecified atom stereocenters. The van der Waals surface area contributed by atoms with Crippen molar-refractivity contribution in [2.75, 3.05) is 40.5 Å². The molecule has 2 heterocycles. The molecule has 0 radical (unpaired) electrons. The first-order valence-corrected chi connectivity index (χ1v) is 20.1. The normalized spacial score (nSPS) is 18.2. The number of methoxy groups -OCH3 is 2. The summed E-state index contributed by atoms with van der Waals surface area (Å²) in [6.07, 6.45) is 0.254. The Morgan fingerprint density at radius 2 is 1.29 bits per heavy atom. The van der Waals surface area contributed by atoms with Gasteiger partial charge in [0.1, 0.15) is 29.4 Å². The zero-order valence-corrected chi connectivity index (χ0v) is 33.8. The van der Waals surface area contributed by atoms with Crippen LogP contribution in [0.1, 0.15) is 57.5 Å². The number of amides is 2. The number of hydrogen-bond acceptors (Lipinski definition) is 8. The van der Waals surface area contributed by atoms with E-state index in [2.05, 4.69) is 32.6 Å². The Bertz CT molecular complexity index is 2050. The van der Waals surface area contributed by atoms with Crippen molar-refractivity contribution in [3.05, 3.63) is 160 Å². The molecule has 9 heteroatoms. The van der Waals surface area contributed by atoms with Gasteiger partial charge >= 0.3 is 0 Å². The van der Waals surface area contributed by atoms with Gasteiger partial charge in [0, 0.05) is 30.3 Å². The lowest BCUT2D eigenvalue weighted by Crippen LogP contribution is -2.51. The molecule has 0 saturated carbocycles. The number of morpholine rings is 1. The Morgan fingerprint density at radius 3 is 1.82 bits per heavy atom. The number of imide groups is 1. The molecule has 3 atom stereocenters. The largest absolute Gasteiger partial charge is 0.496 e. The maximum atomic E-state index is 14.5. The predicted octanol–water partition coefficient (Wildman–Crippen LogP) is 9.07. The van der Waals surface area contributed by atoms with Gasteiger partial charge in [0.2, 0.25) is 5.91 Å². The van der Waals surface area contributed by atoms with Crippen molar-refractivity contribution in [2.24, 2.45) is 0 Å². The Hall–Kier alpha value is -5.09. The molecule has 5 aromatic carbocycles. The van der Waals surface area contributed by atoms with E-state index in [0.29, 0.717) is 26.2 Å². The second-order valence-electron chi connectivity index (χ2n) is 14.6. The molecular formula is C47H50N2O6S. The van der Waals surface area contributed by atoms with Crippen LogP contribution in [0, 0.1) is 20.8 Å². The smallest absolute Gasteiger partial charge is 0.290 e. The number of rotatable bonds is 13. The summed E-state index contributed by atoms with van der Waals surface area (Å²) in [4.78, 5) is 32.6. The molecule has 5 aromatic rings. The molecule has 0 aromatic heterocycles. The first kappa shape index (κ1) is 39.2. The second-order valence-corrected chi connectivity index (χ2v) is 15.7. The number of hydrogen-bond donors (Lipinski definition) is 0. The lowest BCUT2D eigenvalue weighted by molar-refractivity contribution is -0.129. The Morgan fingerprint density at radius 1 is 0.750 bits per heavy atom. The van der Waals surface area contributed by atoms with Crippen LogP contribution in [0.5, 0.6) is 17.2 Å². The van der Waals surface area contributed by atoms with Crippen LogP contribution in [-0.4, -0.2) is 72.8 Å². The van der Waals surface area contributed by atoms with Gasteiger partial charge in [-0.2, -0.15) is 0 Å². The van der Waals surface area contributed by atoms with Crippen LogP contribution in [0.25, 0.3) is 0 Å². The van der Waals surface area contributed by atoms with E-state index >= 15 is 0 Å². The molecule has 2 amide bonds. The fourth-order valence-electron chi connectivity index (χ4n) is 8.39. The summed E-state index contributed by atoms with van der Waals surface area (Å²) in [6.45, 7) is 11.0. The van der Waals surface area contributed by atoms with Crippen molar-refractivity contribution in [1.29, 1.82) is 0 Å². The van der Waals surface area contributed by atoms with E-state index in [9.17, 15) is 9.59 Å². The molecule has 290 valence electrons. The van der Waals surface area contributed by atoms with E-state index in [1.807, 2.05) is 115 Å². The van der Waals surface area contributed by atoms with E-state index in [-0.39, 0.29) is 23.3 Å². The summed E-state index contributed by atoms with van der Waals surface area (Å²) in [5, 5.41) is -0.834. The highest BCUT2D eigenvalue weighted by Gasteiger charge is 2.54. The van der Waals surface area contributed by atoms with Crippen LogP contribution in [0.4, 0.5) is 4.79 Å².